The number of amides is 1. The fourth-order valence-corrected chi connectivity index (χ4v) is 2.89. The molecule has 0 radical (unpaired) electrons. The first kappa shape index (κ1) is 25.6. The molecule has 9 N–H and O–H groups in total. The number of nitrogens with one attached hydrogen (secondary N) is 2. The van der Waals surface area contributed by atoms with E-state index in [-0.39, 0.29) is 13.9 Å². The van der Waals surface area contributed by atoms with E-state index in [0.29, 0.717) is 19.8 Å². The lowest BCUT2D eigenvalue weighted by molar-refractivity contribution is -0.144. The molecule has 1 heterocycles. The summed E-state index contributed by atoms with van der Waals surface area (Å²) in [5.74, 6) is -2.71. The number of carboxylic acid groups (broad SMARTS) is 1. The number of guanidine groups is 1. The predicted octanol–water partition coefficient (Wildman–Crippen LogP) is -2.13. The molecule has 0 aromatic rings. The summed E-state index contributed by atoms with van der Waals surface area (Å²) in [7, 11) is 0. The average Bonchev–Trinajstić information content (AvgIpc) is 2.66. The van der Waals surface area contributed by atoms with E-state index >= 15 is 0 Å². The van der Waals surface area contributed by atoms with Crippen LogP contribution in [0.1, 0.15) is 28.1 Å². The van der Waals surface area contributed by atoms with Crippen molar-refractivity contribution in [2.45, 2.75) is 57.1 Å². The quantitative estimate of drug-likeness (QED) is 0.0951. The lowest BCUT2D eigenvalue weighted by atomic mass is 9.92. The molecular formula is C18H35N5O7. The molecule has 0 saturated heterocycles. The van der Waals surface area contributed by atoms with E-state index in [9.17, 15) is 24.9 Å². The SMILES string of the molecule is CCCCOCCNC[C@@H](O)[C@@H](O)[C@@H]1OC(C(=O)O)=C[C@H](N=C(N)N)[C@H]1NC(C)=O.[3HH]. The largest absolute Gasteiger partial charge is 0.478 e. The number of hydrogen-bond acceptors (Lipinski definition) is 8. The minimum Gasteiger partial charge on any atom is -0.478 e. The smallest absolute Gasteiger partial charge is 0.370 e. The van der Waals surface area contributed by atoms with Crippen LogP contribution in [0.3, 0.4) is 0 Å². The number of aliphatic carboxylic acids is 1. The van der Waals surface area contributed by atoms with Crippen molar-refractivity contribution in [1.82, 2.24) is 10.6 Å². The summed E-state index contributed by atoms with van der Waals surface area (Å²) < 4.78 is 10.8. The van der Waals surface area contributed by atoms with Gasteiger partial charge in [0.2, 0.25) is 11.7 Å². The molecule has 0 saturated carbocycles. The van der Waals surface area contributed by atoms with Gasteiger partial charge >= 0.3 is 5.97 Å². The van der Waals surface area contributed by atoms with Gasteiger partial charge in [-0.05, 0) is 12.5 Å². The summed E-state index contributed by atoms with van der Waals surface area (Å²) in [5, 5.41) is 35.8. The Hall–Kier alpha value is -2.41. The molecular weight excluding hydrogens is 398 g/mol. The molecule has 0 bridgehead atoms. The molecule has 1 aliphatic heterocycles. The second kappa shape index (κ2) is 13.0. The zero-order valence-corrected chi connectivity index (χ0v) is 17.3. The molecule has 1 rings (SSSR count). The van der Waals surface area contributed by atoms with Gasteiger partial charge in [0.25, 0.3) is 0 Å². The Morgan fingerprint density at radius 1 is 1.37 bits per heavy atom. The third kappa shape index (κ3) is 8.53. The Morgan fingerprint density at radius 2 is 2.07 bits per heavy atom. The molecule has 1 amide bonds. The van der Waals surface area contributed by atoms with Gasteiger partial charge < -0.3 is 46.9 Å². The molecule has 0 aliphatic carbocycles. The number of aliphatic hydroxyl groups excluding tert-OH is 2. The first-order chi connectivity index (χ1) is 14.2. The van der Waals surface area contributed by atoms with Gasteiger partial charge in [-0.25, -0.2) is 9.79 Å². The molecule has 1 aliphatic rings. The van der Waals surface area contributed by atoms with E-state index in [1.54, 1.807) is 0 Å². The Balaban J connectivity index is 0.00000900. The Morgan fingerprint density at radius 3 is 2.63 bits per heavy atom. The van der Waals surface area contributed by atoms with Crippen LogP contribution >= 0.6 is 0 Å². The summed E-state index contributed by atoms with van der Waals surface area (Å²) in [6.07, 6.45) is -1.06. The Labute approximate surface area is 176 Å². The zero-order valence-electron chi connectivity index (χ0n) is 17.3. The number of aliphatic imine (C=N–C) groups is 1. The monoisotopic (exact) mass is 435 g/mol. The third-order valence-corrected chi connectivity index (χ3v) is 4.34. The number of carbonyl (C=O) groups is 2. The fraction of sp³-hybridized carbons (Fsp3) is 0.722. The molecule has 0 spiro atoms. The number of nitrogens with two attached hydrogens (primary N) is 2. The number of ether oxygens (including phenoxy) is 2. The van der Waals surface area contributed by atoms with Crippen molar-refractivity contribution in [2.75, 3.05) is 26.3 Å². The number of rotatable bonds is 13. The van der Waals surface area contributed by atoms with Gasteiger partial charge in [-0.3, -0.25) is 4.79 Å². The number of unbranched alkanes of at least 4 members (excludes halogenated alkanes) is 1. The van der Waals surface area contributed by atoms with E-state index in [1.165, 1.54) is 6.92 Å². The summed E-state index contributed by atoms with van der Waals surface area (Å²) in [5.41, 5.74) is 10.8. The van der Waals surface area contributed by atoms with Crippen LogP contribution in [0.25, 0.3) is 0 Å². The lowest BCUT2D eigenvalue weighted by Crippen LogP contribution is -2.60. The molecule has 0 aromatic carbocycles. The minimum absolute atomic E-state index is 0. The number of carbonyl (C=O) groups excluding carboxylic acids is 1. The third-order valence-electron chi connectivity index (χ3n) is 4.34. The van der Waals surface area contributed by atoms with Gasteiger partial charge in [-0.15, -0.1) is 0 Å². The highest BCUT2D eigenvalue weighted by molar-refractivity contribution is 5.85. The van der Waals surface area contributed by atoms with Crippen molar-refractivity contribution in [1.29, 1.82) is 0 Å². The standard InChI is InChI=1S/C18H33N5O7.H2/c1-3-4-6-29-7-5-21-9-12(25)15(26)16-14(22-10(2)24)11(23-18(19)20)8-13(30-16)17(27)28;/h8,11-12,14-16,21,25-26H,3-7,9H2,1-2H3,(H,22,24)(H,27,28)(H4,19,20,23);1H/t11-,12+,14+,15+,16+;/m0./s1/i;1+2. The maximum absolute atomic E-state index is 11.6. The molecule has 174 valence electrons. The molecule has 0 aromatic heterocycles. The van der Waals surface area contributed by atoms with E-state index in [1.807, 2.05) is 0 Å². The maximum atomic E-state index is 11.6. The first-order valence-corrected chi connectivity index (χ1v) is 9.79. The topological polar surface area (TPSA) is 202 Å². The van der Waals surface area contributed by atoms with Gasteiger partial charge in [0.1, 0.15) is 12.2 Å². The van der Waals surface area contributed by atoms with Gasteiger partial charge in [0, 0.05) is 28.0 Å². The molecule has 5 atom stereocenters. The molecule has 0 unspecified atom stereocenters. The predicted molar refractivity (Wildman–Crippen MR) is 111 cm³/mol. The van der Waals surface area contributed by atoms with Crippen LogP contribution in [0.15, 0.2) is 16.8 Å². The summed E-state index contributed by atoms with van der Waals surface area (Å²) >= 11 is 0. The highest BCUT2D eigenvalue weighted by atomic mass is 16.5. The van der Waals surface area contributed by atoms with E-state index < -0.39 is 48.0 Å². The molecule has 30 heavy (non-hydrogen) atoms. The lowest BCUT2D eigenvalue weighted by Gasteiger charge is -2.38. The number of carboxylic acids is 1. The number of hydrogen-bond donors (Lipinski definition) is 7. The van der Waals surface area contributed by atoms with Crippen LogP contribution in [0.4, 0.5) is 0 Å². The van der Waals surface area contributed by atoms with Crippen molar-refractivity contribution in [3.63, 3.8) is 0 Å². The van der Waals surface area contributed by atoms with Crippen molar-refractivity contribution in [3.05, 3.63) is 11.8 Å². The van der Waals surface area contributed by atoms with Gasteiger partial charge in [0.05, 0.1) is 24.8 Å². The van der Waals surface area contributed by atoms with Crippen LogP contribution in [-0.2, 0) is 19.1 Å². The highest BCUT2D eigenvalue weighted by Gasteiger charge is 2.43. The van der Waals surface area contributed by atoms with E-state index in [4.69, 9.17) is 20.9 Å². The van der Waals surface area contributed by atoms with Gasteiger partial charge in [-0.2, -0.15) is 0 Å². The van der Waals surface area contributed by atoms with Crippen LogP contribution < -0.4 is 22.1 Å². The van der Waals surface area contributed by atoms with Crippen molar-refractivity contribution in [3.8, 4) is 0 Å². The second-order valence-corrected chi connectivity index (χ2v) is 6.92. The molecule has 12 heteroatoms. The highest BCUT2D eigenvalue weighted by Crippen LogP contribution is 2.24. The van der Waals surface area contributed by atoms with Crippen LogP contribution in [0.5, 0.6) is 0 Å². The Kier molecular flexibility index (Phi) is 11.1. The maximum Gasteiger partial charge on any atom is 0.370 e. The molecule has 12 nitrogen and oxygen atoms in total. The number of nitrogens with zero attached hydrogens (tertiary/aromatic N) is 1. The fourth-order valence-electron chi connectivity index (χ4n) is 2.89. The van der Waals surface area contributed by atoms with Crippen molar-refractivity contribution >= 4 is 17.8 Å². The minimum atomic E-state index is -1.55. The summed E-state index contributed by atoms with van der Waals surface area (Å²) in [6.45, 7) is 4.82. The first-order valence-electron chi connectivity index (χ1n) is 9.79. The van der Waals surface area contributed by atoms with E-state index in [0.717, 1.165) is 18.9 Å². The van der Waals surface area contributed by atoms with Crippen LogP contribution in [0, 0.1) is 0 Å². The van der Waals surface area contributed by atoms with Crippen molar-refractivity contribution < 1.29 is 35.8 Å². The summed E-state index contributed by atoms with van der Waals surface area (Å²) in [6, 6.07) is -2.01. The number of aliphatic hydroxyl groups is 2. The second-order valence-electron chi connectivity index (χ2n) is 6.92. The Bertz CT molecular complexity index is 630. The van der Waals surface area contributed by atoms with Gasteiger partial charge in [-0.1, -0.05) is 13.3 Å². The molecule has 0 fully saturated rings. The van der Waals surface area contributed by atoms with Crippen LogP contribution in [0.2, 0.25) is 0 Å². The normalized spacial score (nSPS) is 22.9. The van der Waals surface area contributed by atoms with E-state index in [2.05, 4.69) is 22.5 Å². The van der Waals surface area contributed by atoms with Crippen LogP contribution in [-0.4, -0.2) is 89.9 Å². The van der Waals surface area contributed by atoms with Gasteiger partial charge in [0.15, 0.2) is 5.96 Å². The van der Waals surface area contributed by atoms with Crippen molar-refractivity contribution in [2.24, 2.45) is 16.5 Å². The summed E-state index contributed by atoms with van der Waals surface area (Å²) in [4.78, 5) is 27.0. The zero-order chi connectivity index (χ0) is 22.7. The average molecular weight is 436 g/mol.